The number of carbonyl (C=O) groups is 1. The normalized spacial score (nSPS) is 10.2. The van der Waals surface area contributed by atoms with Crippen molar-refractivity contribution in [2.75, 3.05) is 11.9 Å². The van der Waals surface area contributed by atoms with E-state index in [9.17, 15) is 4.79 Å². The van der Waals surface area contributed by atoms with Crippen LogP contribution in [0.2, 0.25) is 10.0 Å². The molecule has 0 aliphatic rings. The first-order chi connectivity index (χ1) is 10.1. The lowest BCUT2D eigenvalue weighted by Gasteiger charge is -2.09. The van der Waals surface area contributed by atoms with Crippen molar-refractivity contribution in [3.05, 3.63) is 58.1 Å². The molecule has 0 saturated carbocycles. The number of rotatable bonds is 5. The van der Waals surface area contributed by atoms with Crippen LogP contribution in [-0.2, 0) is 4.79 Å². The molecule has 3 nitrogen and oxygen atoms in total. The minimum atomic E-state index is -0.175. The molecular weight excluding hydrogens is 309 g/mol. The standard InChI is InChI=1S/C16H15Cl2NO2/c1-11-5-7-12(8-6-11)21-10-9-15(20)19-14-4-2-3-13(17)16(14)18/h2-8H,9-10H2,1H3,(H,19,20). The molecule has 0 aliphatic heterocycles. The van der Waals surface area contributed by atoms with Crippen LogP contribution >= 0.6 is 23.2 Å². The summed E-state index contributed by atoms with van der Waals surface area (Å²) in [5, 5.41) is 3.46. The molecule has 21 heavy (non-hydrogen) atoms. The first-order valence-electron chi connectivity index (χ1n) is 6.49. The minimum absolute atomic E-state index is 0.175. The highest BCUT2D eigenvalue weighted by Gasteiger charge is 2.08. The average molecular weight is 324 g/mol. The fraction of sp³-hybridized carbons (Fsp3) is 0.188. The van der Waals surface area contributed by atoms with Gasteiger partial charge in [0.2, 0.25) is 5.91 Å². The Balaban J connectivity index is 1.82. The summed E-state index contributed by atoms with van der Waals surface area (Å²) >= 11 is 11.9. The van der Waals surface area contributed by atoms with Crippen LogP contribution < -0.4 is 10.1 Å². The number of benzene rings is 2. The van der Waals surface area contributed by atoms with Gasteiger partial charge in [0, 0.05) is 0 Å². The summed E-state index contributed by atoms with van der Waals surface area (Å²) < 4.78 is 5.50. The zero-order chi connectivity index (χ0) is 15.2. The molecule has 0 radical (unpaired) electrons. The third-order valence-electron chi connectivity index (χ3n) is 2.84. The van der Waals surface area contributed by atoms with Crippen molar-refractivity contribution < 1.29 is 9.53 Å². The molecule has 5 heteroatoms. The molecule has 2 rings (SSSR count). The van der Waals surface area contributed by atoms with Gasteiger partial charge in [-0.2, -0.15) is 0 Å². The van der Waals surface area contributed by atoms with E-state index in [-0.39, 0.29) is 12.3 Å². The van der Waals surface area contributed by atoms with Gasteiger partial charge in [0.1, 0.15) is 5.75 Å². The summed E-state index contributed by atoms with van der Waals surface area (Å²) in [6.45, 7) is 2.30. The molecular formula is C16H15Cl2NO2. The number of ether oxygens (including phenoxy) is 1. The van der Waals surface area contributed by atoms with E-state index in [1.807, 2.05) is 31.2 Å². The Bertz CT molecular complexity index is 627. The van der Waals surface area contributed by atoms with Gasteiger partial charge in [-0.25, -0.2) is 0 Å². The number of carbonyl (C=O) groups excluding carboxylic acids is 1. The quantitative estimate of drug-likeness (QED) is 0.865. The molecule has 110 valence electrons. The van der Waals surface area contributed by atoms with Crippen molar-refractivity contribution in [3.63, 3.8) is 0 Å². The van der Waals surface area contributed by atoms with Crippen LogP contribution in [0.1, 0.15) is 12.0 Å². The van der Waals surface area contributed by atoms with Gasteiger partial charge in [0.05, 0.1) is 28.8 Å². The maximum atomic E-state index is 11.8. The zero-order valence-electron chi connectivity index (χ0n) is 11.5. The van der Waals surface area contributed by atoms with Gasteiger partial charge < -0.3 is 10.1 Å². The summed E-state index contributed by atoms with van der Waals surface area (Å²) in [4.78, 5) is 11.8. The third-order valence-corrected chi connectivity index (χ3v) is 3.66. The van der Waals surface area contributed by atoms with Crippen molar-refractivity contribution in [2.45, 2.75) is 13.3 Å². The van der Waals surface area contributed by atoms with E-state index >= 15 is 0 Å². The van der Waals surface area contributed by atoms with Gasteiger partial charge in [0.25, 0.3) is 0 Å². The van der Waals surface area contributed by atoms with Gasteiger partial charge in [-0.3, -0.25) is 4.79 Å². The molecule has 0 aromatic heterocycles. The topological polar surface area (TPSA) is 38.3 Å². The van der Waals surface area contributed by atoms with Crippen LogP contribution in [-0.4, -0.2) is 12.5 Å². The maximum absolute atomic E-state index is 11.8. The monoisotopic (exact) mass is 323 g/mol. The molecule has 0 saturated heterocycles. The molecule has 2 aromatic rings. The highest BCUT2D eigenvalue weighted by atomic mass is 35.5. The molecule has 0 spiro atoms. The Kier molecular flexibility index (Phi) is 5.48. The van der Waals surface area contributed by atoms with Crippen molar-refractivity contribution in [1.82, 2.24) is 0 Å². The predicted molar refractivity (Wildman–Crippen MR) is 86.4 cm³/mol. The molecule has 2 aromatic carbocycles. The van der Waals surface area contributed by atoms with Crippen molar-refractivity contribution in [3.8, 4) is 5.75 Å². The van der Waals surface area contributed by atoms with Crippen LogP contribution in [0.5, 0.6) is 5.75 Å². The number of nitrogens with one attached hydrogen (secondary N) is 1. The number of hydrogen-bond donors (Lipinski definition) is 1. The largest absolute Gasteiger partial charge is 0.493 e. The maximum Gasteiger partial charge on any atom is 0.227 e. The Morgan fingerprint density at radius 3 is 2.57 bits per heavy atom. The molecule has 0 aliphatic carbocycles. The fourth-order valence-electron chi connectivity index (χ4n) is 1.71. The third kappa shape index (κ3) is 4.66. The summed E-state index contributed by atoms with van der Waals surface area (Å²) in [6.07, 6.45) is 0.233. The van der Waals surface area contributed by atoms with Gasteiger partial charge >= 0.3 is 0 Å². The van der Waals surface area contributed by atoms with Crippen LogP contribution in [0, 0.1) is 6.92 Å². The average Bonchev–Trinajstić information content (AvgIpc) is 2.46. The Labute approximate surface area is 133 Å². The van der Waals surface area contributed by atoms with E-state index in [1.54, 1.807) is 18.2 Å². The number of amides is 1. The second-order valence-electron chi connectivity index (χ2n) is 4.56. The highest BCUT2D eigenvalue weighted by Crippen LogP contribution is 2.29. The van der Waals surface area contributed by atoms with E-state index in [1.165, 1.54) is 0 Å². The lowest BCUT2D eigenvalue weighted by Crippen LogP contribution is -2.15. The summed E-state index contributed by atoms with van der Waals surface area (Å²) in [5.41, 5.74) is 1.67. The van der Waals surface area contributed by atoms with Gasteiger partial charge in [-0.15, -0.1) is 0 Å². The molecule has 0 fully saturated rings. The van der Waals surface area contributed by atoms with Gasteiger partial charge in [-0.1, -0.05) is 47.0 Å². The molecule has 0 bridgehead atoms. The molecule has 0 unspecified atom stereocenters. The van der Waals surface area contributed by atoms with E-state index < -0.39 is 0 Å². The molecule has 1 N–H and O–H groups in total. The molecule has 0 heterocycles. The fourth-order valence-corrected chi connectivity index (χ4v) is 2.06. The van der Waals surface area contributed by atoms with Crippen molar-refractivity contribution in [1.29, 1.82) is 0 Å². The second-order valence-corrected chi connectivity index (χ2v) is 5.35. The lowest BCUT2D eigenvalue weighted by atomic mass is 10.2. The summed E-state index contributed by atoms with van der Waals surface area (Å²) in [6, 6.07) is 12.8. The SMILES string of the molecule is Cc1ccc(OCCC(=O)Nc2cccc(Cl)c2Cl)cc1. The number of halogens is 2. The second kappa shape index (κ2) is 7.34. The smallest absolute Gasteiger partial charge is 0.227 e. The zero-order valence-corrected chi connectivity index (χ0v) is 13.0. The summed E-state index contributed by atoms with van der Waals surface area (Å²) in [5.74, 6) is 0.570. The van der Waals surface area contributed by atoms with Crippen LogP contribution in [0.15, 0.2) is 42.5 Å². The predicted octanol–water partition coefficient (Wildman–Crippen LogP) is 4.71. The van der Waals surface area contributed by atoms with Crippen LogP contribution in [0.4, 0.5) is 5.69 Å². The number of hydrogen-bond acceptors (Lipinski definition) is 2. The first-order valence-corrected chi connectivity index (χ1v) is 7.25. The Morgan fingerprint density at radius 1 is 1.14 bits per heavy atom. The molecule has 1 amide bonds. The molecule has 0 atom stereocenters. The van der Waals surface area contributed by atoms with Crippen LogP contribution in [0.3, 0.4) is 0 Å². The number of aryl methyl sites for hydroxylation is 1. The Morgan fingerprint density at radius 2 is 1.86 bits per heavy atom. The van der Waals surface area contributed by atoms with E-state index in [4.69, 9.17) is 27.9 Å². The number of anilines is 1. The van der Waals surface area contributed by atoms with Crippen LogP contribution in [0.25, 0.3) is 0 Å². The lowest BCUT2D eigenvalue weighted by molar-refractivity contribution is -0.116. The van der Waals surface area contributed by atoms with E-state index in [0.717, 1.165) is 11.3 Å². The van der Waals surface area contributed by atoms with E-state index in [0.29, 0.717) is 22.3 Å². The Hall–Kier alpha value is -1.71. The minimum Gasteiger partial charge on any atom is -0.493 e. The van der Waals surface area contributed by atoms with Gasteiger partial charge in [-0.05, 0) is 31.2 Å². The summed E-state index contributed by atoms with van der Waals surface area (Å²) in [7, 11) is 0. The van der Waals surface area contributed by atoms with Crippen molar-refractivity contribution >= 4 is 34.8 Å². The highest BCUT2D eigenvalue weighted by molar-refractivity contribution is 6.43. The van der Waals surface area contributed by atoms with E-state index in [2.05, 4.69) is 5.32 Å². The van der Waals surface area contributed by atoms with Crippen molar-refractivity contribution in [2.24, 2.45) is 0 Å². The van der Waals surface area contributed by atoms with Gasteiger partial charge in [0.15, 0.2) is 0 Å². The first kappa shape index (κ1) is 15.7.